The Morgan fingerprint density at radius 2 is 0.615 bits per heavy atom. The van der Waals surface area contributed by atoms with Crippen LogP contribution in [0.2, 0.25) is 0 Å². The SMILES string of the molecule is C[C@@H](C(=O)N[C@@H](Cc1ccccc1)C(=O)N([C@@H](C)C(=O)N[C@@H](Cc1ccccc1)C(=O)N([C@@H](C)C(=O)OCc1ccccc1)N1C(=O)c2ccccc2C1=O)N1C(=O)c2ccccc2C1=O)N(C(=O)[C@H](Cc1ccccc1)NC(=O)OC(C)(C)C)N1C(=O)c2ccccc2C1=O. The lowest BCUT2D eigenvalue weighted by molar-refractivity contribution is -0.165. The Morgan fingerprint density at radius 1 is 0.365 bits per heavy atom. The van der Waals surface area contributed by atoms with Crippen LogP contribution in [0.3, 0.4) is 0 Å². The highest BCUT2D eigenvalue weighted by Gasteiger charge is 2.52. The fourth-order valence-electron chi connectivity index (χ4n) is 11.3. The largest absolute Gasteiger partial charge is 0.459 e. The number of fused-ring (bicyclic) bond motifs is 3. The van der Waals surface area contributed by atoms with E-state index in [0.717, 1.165) is 13.8 Å². The molecule has 3 aliphatic heterocycles. The third-order valence-corrected chi connectivity index (χ3v) is 16.1. The predicted molar refractivity (Wildman–Crippen MR) is 343 cm³/mol. The third kappa shape index (κ3) is 14.2. The first-order valence-corrected chi connectivity index (χ1v) is 30.8. The molecule has 0 saturated heterocycles. The molecular formula is C72H67N9O15. The molecule has 0 radical (unpaired) electrons. The van der Waals surface area contributed by atoms with Crippen molar-refractivity contribution < 1.29 is 71.8 Å². The van der Waals surface area contributed by atoms with Crippen molar-refractivity contribution in [2.24, 2.45) is 0 Å². The zero-order valence-corrected chi connectivity index (χ0v) is 53.1. The number of ether oxygens (including phenoxy) is 2. The molecule has 24 nitrogen and oxygen atoms in total. The molecule has 12 amide bonds. The van der Waals surface area contributed by atoms with E-state index < -0.39 is 132 Å². The molecule has 0 saturated carbocycles. The Hall–Kier alpha value is -12.0. The van der Waals surface area contributed by atoms with Gasteiger partial charge >= 0.3 is 12.1 Å². The number of carbonyl (C=O) groups excluding carboxylic acids is 13. The highest BCUT2D eigenvalue weighted by Crippen LogP contribution is 2.31. The Bertz CT molecular complexity index is 4120. The summed E-state index contributed by atoms with van der Waals surface area (Å²) < 4.78 is 11.2. The van der Waals surface area contributed by atoms with Crippen LogP contribution < -0.4 is 16.0 Å². The third-order valence-electron chi connectivity index (χ3n) is 16.1. The van der Waals surface area contributed by atoms with Crippen LogP contribution >= 0.6 is 0 Å². The van der Waals surface area contributed by atoms with Gasteiger partial charge in [-0.05, 0) is 100 Å². The lowest BCUT2D eigenvalue weighted by atomic mass is 10.0. The van der Waals surface area contributed by atoms with E-state index in [4.69, 9.17) is 9.47 Å². The molecule has 3 aliphatic rings. The number of hydrogen-bond acceptors (Lipinski definition) is 15. The maximum atomic E-state index is 16.2. The molecule has 0 aliphatic carbocycles. The van der Waals surface area contributed by atoms with E-state index in [2.05, 4.69) is 16.0 Å². The first-order chi connectivity index (χ1) is 45.9. The average Bonchev–Trinajstić information content (AvgIpc) is 1.60. The van der Waals surface area contributed by atoms with E-state index in [1.807, 2.05) is 0 Å². The van der Waals surface area contributed by atoms with Crippen LogP contribution in [0.15, 0.2) is 194 Å². The molecule has 0 bridgehead atoms. The zero-order chi connectivity index (χ0) is 68.7. The summed E-state index contributed by atoms with van der Waals surface area (Å²) in [5.41, 5.74) is -0.0992. The fraction of sp³-hybridized carbons (Fsp3) is 0.236. The number of nitrogens with zero attached hydrogens (tertiary/aromatic N) is 6. The molecule has 0 unspecified atom stereocenters. The summed E-state index contributed by atoms with van der Waals surface area (Å²) >= 11 is 0. The smallest absolute Gasteiger partial charge is 0.408 e. The van der Waals surface area contributed by atoms with Gasteiger partial charge in [-0.15, -0.1) is 0 Å². The van der Waals surface area contributed by atoms with Crippen molar-refractivity contribution in [3.63, 3.8) is 0 Å². The minimum atomic E-state index is -2.03. The fourth-order valence-corrected chi connectivity index (χ4v) is 11.3. The Balaban J connectivity index is 1.04. The molecule has 10 rings (SSSR count). The van der Waals surface area contributed by atoms with Crippen LogP contribution in [0, 0.1) is 0 Å². The van der Waals surface area contributed by atoms with Crippen LogP contribution in [0.5, 0.6) is 0 Å². The quantitative estimate of drug-likeness (QED) is 0.0449. The van der Waals surface area contributed by atoms with Gasteiger partial charge in [0.1, 0.15) is 48.5 Å². The van der Waals surface area contributed by atoms with Gasteiger partial charge in [-0.3, -0.25) is 52.7 Å². The highest BCUT2D eigenvalue weighted by atomic mass is 16.6. The lowest BCUT2D eigenvalue weighted by Crippen LogP contribution is -2.66. The van der Waals surface area contributed by atoms with E-state index in [0.29, 0.717) is 52.3 Å². The van der Waals surface area contributed by atoms with Gasteiger partial charge in [0.2, 0.25) is 11.8 Å². The van der Waals surface area contributed by atoms with E-state index in [9.17, 15) is 38.4 Å². The molecule has 24 heteroatoms. The van der Waals surface area contributed by atoms with Crippen molar-refractivity contribution in [1.29, 1.82) is 0 Å². The number of hydrogen-bond donors (Lipinski definition) is 3. The van der Waals surface area contributed by atoms with Gasteiger partial charge < -0.3 is 25.4 Å². The minimum Gasteiger partial charge on any atom is -0.459 e. The standard InChI is InChI=1S/C72H67N9O15/c1-43(59(82)74-57(40-47-27-13-8-14-28-47)68(91)78(45(3)70(93)95-42-49-31-17-10-18-32-49)81-65(88)54-37-23-24-38-55(54)66(81)89)76(79-61(84)50-33-19-20-34-51(50)62(79)85)67(90)56(39-46-25-11-7-12-26-46)73-60(83)44(2)77(80-63(86)52-35-21-22-36-53(52)64(80)87)69(92)58(41-48-29-15-9-16-30-48)75-71(94)96-72(4,5)6/h7-38,43-45,56-58H,39-42H2,1-6H3,(H,73,83)(H,74,82)(H,75,94)/t43-,44-,45-,56-,57-,58-/m0/s1. The molecule has 490 valence electrons. The molecule has 96 heavy (non-hydrogen) atoms. The van der Waals surface area contributed by atoms with Gasteiger partial charge in [-0.25, -0.2) is 24.6 Å². The number of rotatable bonds is 23. The van der Waals surface area contributed by atoms with E-state index in [1.165, 1.54) is 79.7 Å². The van der Waals surface area contributed by atoms with E-state index in [1.54, 1.807) is 142 Å². The molecule has 0 fully saturated rings. The van der Waals surface area contributed by atoms with Crippen LogP contribution in [0.25, 0.3) is 0 Å². The number of carbonyl (C=O) groups is 13. The molecular weight excluding hydrogens is 1230 g/mol. The van der Waals surface area contributed by atoms with Crippen LogP contribution in [0.1, 0.15) is 126 Å². The predicted octanol–water partition coefficient (Wildman–Crippen LogP) is 6.61. The van der Waals surface area contributed by atoms with Crippen molar-refractivity contribution in [3.05, 3.63) is 250 Å². The normalized spacial score (nSPS) is 15.0. The molecule has 7 aromatic rings. The molecule has 3 heterocycles. The van der Waals surface area contributed by atoms with Crippen molar-refractivity contribution in [2.45, 2.75) is 109 Å². The lowest BCUT2D eigenvalue weighted by Gasteiger charge is -2.39. The Morgan fingerprint density at radius 3 is 0.896 bits per heavy atom. The number of benzene rings is 7. The summed E-state index contributed by atoms with van der Waals surface area (Å²) in [5.74, 6) is -13.4. The van der Waals surface area contributed by atoms with Crippen LogP contribution in [-0.4, -0.2) is 149 Å². The topological polar surface area (TPSA) is 296 Å². The average molecular weight is 1300 g/mol. The number of imide groups is 3. The summed E-state index contributed by atoms with van der Waals surface area (Å²) in [6.45, 7) is 7.99. The van der Waals surface area contributed by atoms with E-state index >= 15 is 24.0 Å². The molecule has 0 aromatic heterocycles. The summed E-state index contributed by atoms with van der Waals surface area (Å²) in [7, 11) is 0. The number of nitrogens with one attached hydrogen (secondary N) is 3. The zero-order valence-electron chi connectivity index (χ0n) is 53.1. The van der Waals surface area contributed by atoms with Crippen molar-refractivity contribution in [1.82, 2.24) is 46.0 Å². The van der Waals surface area contributed by atoms with Gasteiger partial charge in [0.25, 0.3) is 53.2 Å². The number of alkyl carbamates (subject to hydrolysis) is 1. The van der Waals surface area contributed by atoms with Gasteiger partial charge in [0.15, 0.2) is 0 Å². The maximum Gasteiger partial charge on any atom is 0.408 e. The second kappa shape index (κ2) is 28.5. The Kier molecular flexibility index (Phi) is 19.9. The first-order valence-electron chi connectivity index (χ1n) is 30.8. The summed E-state index contributed by atoms with van der Waals surface area (Å²) in [6, 6.07) is 38.9. The molecule has 6 atom stereocenters. The minimum absolute atomic E-state index is 0.102. The van der Waals surface area contributed by atoms with Crippen LogP contribution in [0.4, 0.5) is 4.79 Å². The Labute approximate surface area is 551 Å². The molecule has 0 spiro atoms. The second-order valence-corrected chi connectivity index (χ2v) is 24.0. The van der Waals surface area contributed by atoms with Gasteiger partial charge in [-0.1, -0.05) is 158 Å². The number of esters is 1. The first kappa shape index (κ1) is 67.0. The highest BCUT2D eigenvalue weighted by molar-refractivity contribution is 6.24. The summed E-state index contributed by atoms with van der Waals surface area (Å²) in [4.78, 5) is 194. The van der Waals surface area contributed by atoms with Gasteiger partial charge in [-0.2, -0.15) is 15.0 Å². The molecule has 3 N–H and O–H groups in total. The van der Waals surface area contributed by atoms with Crippen LogP contribution in [-0.2, 0) is 64.1 Å². The second-order valence-electron chi connectivity index (χ2n) is 24.0. The van der Waals surface area contributed by atoms with Gasteiger partial charge in [0, 0.05) is 19.3 Å². The van der Waals surface area contributed by atoms with Crippen molar-refractivity contribution >= 4 is 77.0 Å². The monoisotopic (exact) mass is 1300 g/mol. The van der Waals surface area contributed by atoms with Crippen molar-refractivity contribution in [3.8, 4) is 0 Å². The number of amides is 12. The summed E-state index contributed by atoms with van der Waals surface area (Å²) in [6.07, 6.45) is -2.21. The maximum absolute atomic E-state index is 16.2. The van der Waals surface area contributed by atoms with E-state index in [-0.39, 0.29) is 46.4 Å². The van der Waals surface area contributed by atoms with Gasteiger partial charge in [0.05, 0.1) is 33.4 Å². The number of hydrazine groups is 3. The summed E-state index contributed by atoms with van der Waals surface area (Å²) in [5, 5.41) is 10.9. The van der Waals surface area contributed by atoms with Crippen molar-refractivity contribution in [2.75, 3.05) is 0 Å². The molecule has 7 aromatic carbocycles.